The predicted octanol–water partition coefficient (Wildman–Crippen LogP) is 3.35. The van der Waals surface area contributed by atoms with Crippen LogP contribution in [0.5, 0.6) is 5.75 Å². The number of aromatic nitrogens is 4. The van der Waals surface area contributed by atoms with Crippen molar-refractivity contribution < 1.29 is 13.8 Å². The van der Waals surface area contributed by atoms with E-state index in [1.807, 2.05) is 18.2 Å². The summed E-state index contributed by atoms with van der Waals surface area (Å²) in [6, 6.07) is 13.6. The molecule has 0 amide bonds. The third-order valence-corrected chi connectivity index (χ3v) is 3.75. The van der Waals surface area contributed by atoms with Crippen molar-refractivity contribution in [2.75, 3.05) is 17.9 Å². The van der Waals surface area contributed by atoms with E-state index in [2.05, 4.69) is 40.8 Å². The molecule has 4 aromatic rings. The third-order valence-electron chi connectivity index (χ3n) is 3.75. The normalized spacial score (nSPS) is 11.1. The summed E-state index contributed by atoms with van der Waals surface area (Å²) in [5.41, 5.74) is 4.16. The van der Waals surface area contributed by atoms with E-state index in [9.17, 15) is 4.39 Å². The first-order valence-corrected chi connectivity index (χ1v) is 8.18. The van der Waals surface area contributed by atoms with Crippen LogP contribution in [0.2, 0.25) is 0 Å². The van der Waals surface area contributed by atoms with E-state index >= 15 is 0 Å². The maximum Gasteiger partial charge on any atom is 0.245 e. The van der Waals surface area contributed by atoms with E-state index in [4.69, 9.17) is 4.74 Å². The average molecular weight is 379 g/mol. The number of hydrogen-bond donors (Lipinski definition) is 2. The molecule has 4 rings (SSSR count). The number of hydrogen-bond acceptors (Lipinski definition) is 9. The van der Waals surface area contributed by atoms with E-state index in [0.717, 1.165) is 0 Å². The summed E-state index contributed by atoms with van der Waals surface area (Å²) in [6.07, 6.45) is 1.34. The fraction of sp³-hybridized carbons (Fsp3) is 0.0556. The van der Waals surface area contributed by atoms with Gasteiger partial charge in [0.05, 0.1) is 19.0 Å². The minimum absolute atomic E-state index is 0.203. The highest BCUT2D eigenvalue weighted by Gasteiger charge is 2.14. The van der Waals surface area contributed by atoms with E-state index in [-0.39, 0.29) is 22.9 Å². The maximum atomic E-state index is 13.7. The molecule has 0 fully saturated rings. The first kappa shape index (κ1) is 17.3. The Balaban J connectivity index is 1.66. The molecule has 10 heteroatoms. The van der Waals surface area contributed by atoms with Crippen LogP contribution in [0.25, 0.3) is 11.3 Å². The lowest BCUT2D eigenvalue weighted by Crippen LogP contribution is -2.04. The zero-order valence-electron chi connectivity index (χ0n) is 14.6. The highest BCUT2D eigenvalue weighted by atomic mass is 19.1. The van der Waals surface area contributed by atoms with Crippen LogP contribution >= 0.6 is 0 Å². The van der Waals surface area contributed by atoms with E-state index in [1.165, 1.54) is 12.3 Å². The second-order valence-electron chi connectivity index (χ2n) is 5.55. The first-order chi connectivity index (χ1) is 13.7. The molecule has 28 heavy (non-hydrogen) atoms. The molecule has 0 radical (unpaired) electrons. The predicted molar refractivity (Wildman–Crippen MR) is 101 cm³/mol. The number of hydrazone groups is 1. The molecule has 0 aliphatic rings. The molecular formula is C18H14FN7O2. The summed E-state index contributed by atoms with van der Waals surface area (Å²) in [7, 11) is 1.56. The number of methoxy groups -OCH3 is 1. The lowest BCUT2D eigenvalue weighted by Gasteiger charge is -2.12. The number of para-hydroxylation sites is 2. The molecule has 2 aromatic heterocycles. The van der Waals surface area contributed by atoms with Crippen molar-refractivity contribution in [3.05, 3.63) is 59.9 Å². The van der Waals surface area contributed by atoms with Gasteiger partial charge in [0.1, 0.15) is 11.6 Å². The highest BCUT2D eigenvalue weighted by molar-refractivity contribution is 5.82. The molecule has 140 valence electrons. The van der Waals surface area contributed by atoms with Gasteiger partial charge < -0.3 is 10.1 Å². The topological polar surface area (TPSA) is 110 Å². The third kappa shape index (κ3) is 3.56. The Morgan fingerprint density at radius 2 is 1.71 bits per heavy atom. The standard InChI is InChI=1S/C18H14FN7O2/c1-27-14-9-5-4-8-13(14)21-15-16(23-18-17(22-15)25-28-26-18)24-20-10-11-6-2-3-7-12(11)19/h2-10H,1H3,(H,21,22,25)(H,23,24,26)/b20-10-. The minimum atomic E-state index is -0.386. The molecule has 0 saturated heterocycles. The first-order valence-electron chi connectivity index (χ1n) is 8.18. The Hall–Kier alpha value is -4.08. The molecule has 0 saturated carbocycles. The molecule has 0 unspecified atom stereocenters. The lowest BCUT2D eigenvalue weighted by atomic mass is 10.2. The Morgan fingerprint density at radius 1 is 1.00 bits per heavy atom. The van der Waals surface area contributed by atoms with Crippen LogP contribution in [-0.4, -0.2) is 33.6 Å². The largest absolute Gasteiger partial charge is 0.495 e. The van der Waals surface area contributed by atoms with Crippen LogP contribution in [0.15, 0.2) is 58.3 Å². The summed E-state index contributed by atoms with van der Waals surface area (Å²) in [5, 5.41) is 14.5. The zero-order chi connectivity index (χ0) is 19.3. The van der Waals surface area contributed by atoms with Gasteiger partial charge in [-0.1, -0.05) is 30.3 Å². The van der Waals surface area contributed by atoms with Crippen LogP contribution in [0.3, 0.4) is 0 Å². The van der Waals surface area contributed by atoms with Crippen LogP contribution in [-0.2, 0) is 0 Å². The zero-order valence-corrected chi connectivity index (χ0v) is 14.6. The molecule has 0 aliphatic heterocycles. The van der Waals surface area contributed by atoms with Crippen LogP contribution in [0.1, 0.15) is 5.56 Å². The van der Waals surface area contributed by atoms with Gasteiger partial charge in [0.15, 0.2) is 11.6 Å². The minimum Gasteiger partial charge on any atom is -0.495 e. The van der Waals surface area contributed by atoms with Crippen molar-refractivity contribution in [2.45, 2.75) is 0 Å². The van der Waals surface area contributed by atoms with Crippen molar-refractivity contribution >= 4 is 34.8 Å². The molecular weight excluding hydrogens is 365 g/mol. The molecule has 2 heterocycles. The van der Waals surface area contributed by atoms with Gasteiger partial charge in [-0.15, -0.1) is 0 Å². The Morgan fingerprint density at radius 3 is 2.50 bits per heavy atom. The number of ether oxygens (including phenoxy) is 1. The van der Waals surface area contributed by atoms with Gasteiger partial charge in [-0.2, -0.15) is 10.1 Å². The second-order valence-corrected chi connectivity index (χ2v) is 5.55. The van der Waals surface area contributed by atoms with Crippen LogP contribution in [0, 0.1) is 5.82 Å². The fourth-order valence-electron chi connectivity index (χ4n) is 2.42. The van der Waals surface area contributed by atoms with Crippen LogP contribution < -0.4 is 15.5 Å². The number of nitrogens with zero attached hydrogens (tertiary/aromatic N) is 5. The summed E-state index contributed by atoms with van der Waals surface area (Å²) < 4.78 is 23.7. The molecule has 0 bridgehead atoms. The van der Waals surface area contributed by atoms with E-state index in [0.29, 0.717) is 22.8 Å². The smallest absolute Gasteiger partial charge is 0.245 e. The number of benzene rings is 2. The van der Waals surface area contributed by atoms with Crippen molar-refractivity contribution in [3.8, 4) is 5.75 Å². The number of fused-ring (bicyclic) bond motifs is 1. The van der Waals surface area contributed by atoms with Crippen molar-refractivity contribution in [3.63, 3.8) is 0 Å². The van der Waals surface area contributed by atoms with Crippen molar-refractivity contribution in [2.24, 2.45) is 5.10 Å². The van der Waals surface area contributed by atoms with Gasteiger partial charge in [0, 0.05) is 5.56 Å². The number of anilines is 3. The monoisotopic (exact) mass is 379 g/mol. The summed E-state index contributed by atoms with van der Waals surface area (Å²) in [4.78, 5) is 8.63. The van der Waals surface area contributed by atoms with Gasteiger partial charge in [0.25, 0.3) is 0 Å². The second kappa shape index (κ2) is 7.66. The maximum absolute atomic E-state index is 13.7. The van der Waals surface area contributed by atoms with Gasteiger partial charge in [-0.3, -0.25) is 5.43 Å². The molecule has 0 aliphatic carbocycles. The molecule has 2 N–H and O–H groups in total. The summed E-state index contributed by atoms with van der Waals surface area (Å²) >= 11 is 0. The number of rotatable bonds is 6. The van der Waals surface area contributed by atoms with Gasteiger partial charge in [0.2, 0.25) is 11.3 Å². The van der Waals surface area contributed by atoms with Crippen molar-refractivity contribution in [1.82, 2.24) is 20.3 Å². The average Bonchev–Trinajstić information content (AvgIpc) is 3.17. The Labute approximate surface area is 158 Å². The molecule has 0 atom stereocenters. The Bertz CT molecular complexity index is 1150. The quantitative estimate of drug-likeness (QED) is 0.388. The highest BCUT2D eigenvalue weighted by Crippen LogP contribution is 2.29. The van der Waals surface area contributed by atoms with Gasteiger partial charge in [-0.05, 0) is 28.5 Å². The Kier molecular flexibility index (Phi) is 4.74. The fourth-order valence-corrected chi connectivity index (χ4v) is 2.42. The van der Waals surface area contributed by atoms with E-state index in [1.54, 1.807) is 31.4 Å². The molecule has 2 aromatic carbocycles. The summed E-state index contributed by atoms with van der Waals surface area (Å²) in [6.45, 7) is 0. The van der Waals surface area contributed by atoms with Gasteiger partial charge in [-0.25, -0.2) is 14.0 Å². The molecule has 0 spiro atoms. The number of halogens is 1. The molecule has 9 nitrogen and oxygen atoms in total. The van der Waals surface area contributed by atoms with Crippen LogP contribution in [0.4, 0.5) is 21.7 Å². The lowest BCUT2D eigenvalue weighted by molar-refractivity contribution is 0.314. The van der Waals surface area contributed by atoms with Gasteiger partial charge >= 0.3 is 0 Å². The van der Waals surface area contributed by atoms with E-state index < -0.39 is 0 Å². The number of nitrogens with one attached hydrogen (secondary N) is 2. The summed E-state index contributed by atoms with van der Waals surface area (Å²) in [5.74, 6) is 0.797. The van der Waals surface area contributed by atoms with Crippen molar-refractivity contribution in [1.29, 1.82) is 0 Å². The SMILES string of the molecule is COc1ccccc1Nc1nc2nonc2nc1N/N=C\c1ccccc1F.